The molecule has 2 aromatic carbocycles. The van der Waals surface area contributed by atoms with E-state index < -0.39 is 0 Å². The quantitative estimate of drug-likeness (QED) is 0.245. The summed E-state index contributed by atoms with van der Waals surface area (Å²) in [5.74, 6) is 0.522. The lowest BCUT2D eigenvalue weighted by molar-refractivity contribution is -0.117. The van der Waals surface area contributed by atoms with Crippen molar-refractivity contribution in [2.24, 2.45) is 0 Å². The zero-order chi connectivity index (χ0) is 25.0. The highest BCUT2D eigenvalue weighted by Gasteiger charge is 2.11. The van der Waals surface area contributed by atoms with Crippen molar-refractivity contribution in [3.63, 3.8) is 0 Å². The normalized spacial score (nSPS) is 13.2. The second kappa shape index (κ2) is 19.2. The summed E-state index contributed by atoms with van der Waals surface area (Å²) >= 11 is 0. The van der Waals surface area contributed by atoms with E-state index in [-0.39, 0.29) is 0 Å². The Morgan fingerprint density at radius 3 is 2.21 bits per heavy atom. The molecule has 0 spiro atoms. The number of aryl methyl sites for hydroxylation is 1. The van der Waals surface area contributed by atoms with Gasteiger partial charge in [-0.3, -0.25) is 4.79 Å². The molecule has 0 aromatic heterocycles. The molecule has 0 radical (unpaired) electrons. The van der Waals surface area contributed by atoms with Gasteiger partial charge in [-0.05, 0) is 48.8 Å². The van der Waals surface area contributed by atoms with Crippen LogP contribution >= 0.6 is 0 Å². The van der Waals surface area contributed by atoms with Crippen LogP contribution in [0.3, 0.4) is 0 Å². The van der Waals surface area contributed by atoms with Crippen LogP contribution in [-0.2, 0) is 9.53 Å². The lowest BCUT2D eigenvalue weighted by Gasteiger charge is -2.18. The van der Waals surface area contributed by atoms with Crippen LogP contribution in [0.4, 0.5) is 0 Å². The van der Waals surface area contributed by atoms with E-state index in [2.05, 4.69) is 69.3 Å². The number of hydrogen-bond donors (Lipinski definition) is 0. The van der Waals surface area contributed by atoms with E-state index in [0.717, 1.165) is 38.8 Å². The van der Waals surface area contributed by atoms with Crippen molar-refractivity contribution < 1.29 is 9.53 Å². The van der Waals surface area contributed by atoms with Gasteiger partial charge in [0.05, 0.1) is 0 Å². The minimum atomic E-state index is 0.522. The number of benzene rings is 2. The van der Waals surface area contributed by atoms with Crippen molar-refractivity contribution in [1.82, 2.24) is 4.90 Å². The summed E-state index contributed by atoms with van der Waals surface area (Å²) in [4.78, 5) is 12.3. The van der Waals surface area contributed by atoms with E-state index in [1.165, 1.54) is 67.2 Å². The second-order valence-corrected chi connectivity index (χ2v) is 9.55. The molecule has 1 fully saturated rings. The molecular formula is C31H49NO2. The van der Waals surface area contributed by atoms with Gasteiger partial charge in [0.2, 0.25) is 6.41 Å². The maximum atomic E-state index is 10.6. The SMILES string of the molecule is C1CCCC1.CCCCOC.Cc1cccc(-c2ccccc2C(C)CCCCN(C)C=O)c1. The van der Waals surface area contributed by atoms with Crippen molar-refractivity contribution in [3.05, 3.63) is 59.7 Å². The van der Waals surface area contributed by atoms with Gasteiger partial charge in [-0.2, -0.15) is 0 Å². The van der Waals surface area contributed by atoms with Crippen molar-refractivity contribution in [3.8, 4) is 11.1 Å². The molecule has 0 aliphatic heterocycles. The van der Waals surface area contributed by atoms with Gasteiger partial charge in [0, 0.05) is 27.3 Å². The Bertz CT molecular complexity index is 758. The molecule has 1 atom stereocenters. The molecule has 0 heterocycles. The highest BCUT2D eigenvalue weighted by atomic mass is 16.5. The first kappa shape index (κ1) is 29.9. The van der Waals surface area contributed by atoms with Crippen LogP contribution in [-0.4, -0.2) is 38.6 Å². The summed E-state index contributed by atoms with van der Waals surface area (Å²) in [5.41, 5.74) is 5.35. The third kappa shape index (κ3) is 12.9. The van der Waals surface area contributed by atoms with Gasteiger partial charge >= 0.3 is 0 Å². The fraction of sp³-hybridized carbons (Fsp3) is 0.581. The monoisotopic (exact) mass is 467 g/mol. The highest BCUT2D eigenvalue weighted by Crippen LogP contribution is 2.32. The minimum Gasteiger partial charge on any atom is -0.385 e. The van der Waals surface area contributed by atoms with Gasteiger partial charge in [0.1, 0.15) is 0 Å². The van der Waals surface area contributed by atoms with E-state index in [4.69, 9.17) is 4.74 Å². The predicted molar refractivity (Wildman–Crippen MR) is 147 cm³/mol. The zero-order valence-corrected chi connectivity index (χ0v) is 22.5. The summed E-state index contributed by atoms with van der Waals surface area (Å²) < 4.78 is 4.78. The number of carbonyl (C=O) groups excluding carboxylic acids is 1. The number of unbranched alkanes of at least 4 members (excludes halogenated alkanes) is 2. The van der Waals surface area contributed by atoms with E-state index in [9.17, 15) is 4.79 Å². The zero-order valence-electron chi connectivity index (χ0n) is 22.5. The summed E-state index contributed by atoms with van der Waals surface area (Å²) in [6.07, 6.45) is 14.2. The summed E-state index contributed by atoms with van der Waals surface area (Å²) in [7, 11) is 3.57. The Morgan fingerprint density at radius 1 is 0.971 bits per heavy atom. The molecule has 3 nitrogen and oxygen atoms in total. The van der Waals surface area contributed by atoms with Crippen LogP contribution in [0, 0.1) is 6.92 Å². The van der Waals surface area contributed by atoms with Gasteiger partial charge in [0.25, 0.3) is 0 Å². The van der Waals surface area contributed by atoms with E-state index in [1.807, 2.05) is 7.05 Å². The summed E-state index contributed by atoms with van der Waals surface area (Å²) in [6.45, 7) is 8.35. The number of methoxy groups -OCH3 is 1. The van der Waals surface area contributed by atoms with Gasteiger partial charge in [-0.25, -0.2) is 0 Å². The molecule has 3 rings (SSSR count). The Balaban J connectivity index is 0.000000431. The first-order valence-electron chi connectivity index (χ1n) is 13.3. The molecule has 1 unspecified atom stereocenters. The highest BCUT2D eigenvalue weighted by molar-refractivity contribution is 5.68. The Morgan fingerprint density at radius 2 is 1.65 bits per heavy atom. The van der Waals surface area contributed by atoms with Crippen LogP contribution < -0.4 is 0 Å². The number of carbonyl (C=O) groups is 1. The Kier molecular flexibility index (Phi) is 16.9. The maximum Gasteiger partial charge on any atom is 0.209 e. The molecule has 0 saturated heterocycles. The van der Waals surface area contributed by atoms with Crippen molar-refractivity contribution in [2.45, 2.75) is 90.9 Å². The Hall–Kier alpha value is -2.13. The number of nitrogens with zero attached hydrogens (tertiary/aromatic N) is 1. The van der Waals surface area contributed by atoms with Crippen LogP contribution in [0.25, 0.3) is 11.1 Å². The molecule has 34 heavy (non-hydrogen) atoms. The first-order valence-corrected chi connectivity index (χ1v) is 13.3. The van der Waals surface area contributed by atoms with E-state index in [1.54, 1.807) is 12.0 Å². The lowest BCUT2D eigenvalue weighted by Crippen LogP contribution is -2.17. The Labute approximate surface area is 209 Å². The van der Waals surface area contributed by atoms with Crippen molar-refractivity contribution in [2.75, 3.05) is 27.3 Å². The van der Waals surface area contributed by atoms with Gasteiger partial charge in [0.15, 0.2) is 0 Å². The summed E-state index contributed by atoms with van der Waals surface area (Å²) in [5, 5.41) is 0. The van der Waals surface area contributed by atoms with Crippen LogP contribution in [0.5, 0.6) is 0 Å². The standard InChI is InChI=1S/C21H27NO.C5H12O.C5H10/c1-17-9-8-11-19(15-17)21-13-5-4-12-20(21)18(2)10-6-7-14-22(3)16-23;1-3-4-5-6-2;1-2-4-5-3-1/h4-5,8-9,11-13,15-16,18H,6-7,10,14H2,1-3H3;3-5H2,1-2H3;1-5H2. The molecule has 1 aliphatic carbocycles. The number of ether oxygens (including phenoxy) is 1. The fourth-order valence-electron chi connectivity index (χ4n) is 4.19. The average molecular weight is 468 g/mol. The number of rotatable bonds is 11. The van der Waals surface area contributed by atoms with E-state index in [0.29, 0.717) is 5.92 Å². The smallest absolute Gasteiger partial charge is 0.209 e. The van der Waals surface area contributed by atoms with Gasteiger partial charge in [-0.15, -0.1) is 0 Å². The van der Waals surface area contributed by atoms with Crippen LogP contribution in [0.15, 0.2) is 48.5 Å². The topological polar surface area (TPSA) is 29.5 Å². The fourth-order valence-corrected chi connectivity index (χ4v) is 4.19. The molecule has 1 amide bonds. The van der Waals surface area contributed by atoms with Crippen molar-refractivity contribution in [1.29, 1.82) is 0 Å². The van der Waals surface area contributed by atoms with Gasteiger partial charge in [-0.1, -0.05) is 113 Å². The average Bonchev–Trinajstić information content (AvgIpc) is 3.46. The largest absolute Gasteiger partial charge is 0.385 e. The van der Waals surface area contributed by atoms with Crippen molar-refractivity contribution >= 4 is 6.41 Å². The molecule has 2 aromatic rings. The van der Waals surface area contributed by atoms with E-state index >= 15 is 0 Å². The molecule has 0 N–H and O–H groups in total. The lowest BCUT2D eigenvalue weighted by atomic mass is 9.88. The molecule has 3 heteroatoms. The second-order valence-electron chi connectivity index (χ2n) is 9.55. The maximum absolute atomic E-state index is 10.6. The molecule has 1 aliphatic rings. The number of hydrogen-bond acceptors (Lipinski definition) is 2. The molecular weight excluding hydrogens is 418 g/mol. The van der Waals surface area contributed by atoms with Crippen LogP contribution in [0.1, 0.15) is 95.1 Å². The predicted octanol–water partition coefficient (Wildman–Crippen LogP) is 8.41. The summed E-state index contributed by atoms with van der Waals surface area (Å²) in [6, 6.07) is 17.4. The third-order valence-corrected chi connectivity index (χ3v) is 6.35. The van der Waals surface area contributed by atoms with Gasteiger partial charge < -0.3 is 9.64 Å². The molecule has 190 valence electrons. The van der Waals surface area contributed by atoms with Crippen LogP contribution in [0.2, 0.25) is 0 Å². The number of amides is 1. The first-order chi connectivity index (χ1) is 16.5. The molecule has 1 saturated carbocycles. The third-order valence-electron chi connectivity index (χ3n) is 6.35. The molecule has 0 bridgehead atoms. The minimum absolute atomic E-state index is 0.522.